The van der Waals surface area contributed by atoms with Crippen molar-refractivity contribution in [2.24, 2.45) is 10.8 Å². The summed E-state index contributed by atoms with van der Waals surface area (Å²) >= 11 is 8.04. The van der Waals surface area contributed by atoms with Crippen LogP contribution in [0.5, 0.6) is 0 Å². The van der Waals surface area contributed by atoms with Crippen molar-refractivity contribution in [2.75, 3.05) is 0 Å². The molecule has 0 atom stereocenters. The number of aryl methyl sites for hydroxylation is 1. The third-order valence-corrected chi connectivity index (χ3v) is 2.53. The van der Waals surface area contributed by atoms with Crippen molar-refractivity contribution in [3.63, 3.8) is 0 Å². The van der Waals surface area contributed by atoms with Gasteiger partial charge < -0.3 is 5.73 Å². The van der Waals surface area contributed by atoms with Crippen LogP contribution >= 0.6 is 28.1 Å². The number of nitrogens with zero attached hydrogens (tertiary/aromatic N) is 1. The Morgan fingerprint density at radius 3 is 2.93 bits per heavy atom. The van der Waals surface area contributed by atoms with Crippen molar-refractivity contribution < 1.29 is 0 Å². The van der Waals surface area contributed by atoms with E-state index in [4.69, 9.17) is 5.73 Å². The third-order valence-electron chi connectivity index (χ3n) is 1.58. The van der Waals surface area contributed by atoms with Gasteiger partial charge in [0, 0.05) is 4.47 Å². The van der Waals surface area contributed by atoms with Gasteiger partial charge in [-0.3, -0.25) is 5.43 Å². The van der Waals surface area contributed by atoms with E-state index in [1.807, 2.05) is 25.1 Å². The van der Waals surface area contributed by atoms with Crippen LogP contribution in [0.25, 0.3) is 0 Å². The van der Waals surface area contributed by atoms with Crippen molar-refractivity contribution in [1.82, 2.24) is 5.43 Å². The highest BCUT2D eigenvalue weighted by Gasteiger charge is 1.94. The molecule has 0 aromatic heterocycles. The lowest BCUT2D eigenvalue weighted by Crippen LogP contribution is -2.23. The number of hydrazone groups is 1. The average Bonchev–Trinajstić information content (AvgIpc) is 2.10. The zero-order chi connectivity index (χ0) is 10.6. The van der Waals surface area contributed by atoms with E-state index in [9.17, 15) is 0 Å². The molecule has 0 saturated carbocycles. The fourth-order valence-corrected chi connectivity index (χ4v) is 1.31. The first kappa shape index (κ1) is 11.1. The summed E-state index contributed by atoms with van der Waals surface area (Å²) in [6.45, 7) is 2.03. The van der Waals surface area contributed by atoms with Crippen LogP contribution in [0.3, 0.4) is 0 Å². The Labute approximate surface area is 96.5 Å². The normalized spacial score (nSPS) is 10.4. The average molecular weight is 272 g/mol. The van der Waals surface area contributed by atoms with E-state index in [0.717, 1.165) is 10.0 Å². The van der Waals surface area contributed by atoms with Gasteiger partial charge in [0.25, 0.3) is 0 Å². The van der Waals surface area contributed by atoms with Gasteiger partial charge in [0.1, 0.15) is 0 Å². The van der Waals surface area contributed by atoms with Gasteiger partial charge in [0.2, 0.25) is 0 Å². The molecule has 0 aliphatic rings. The molecule has 0 unspecified atom stereocenters. The van der Waals surface area contributed by atoms with Gasteiger partial charge in [-0.1, -0.05) is 28.1 Å². The SMILES string of the molecule is Cc1ccc(/C=N\NC(N)=S)cc1Br. The maximum Gasteiger partial charge on any atom is 0.184 e. The largest absolute Gasteiger partial charge is 0.375 e. The molecule has 0 aliphatic carbocycles. The van der Waals surface area contributed by atoms with Gasteiger partial charge in [-0.25, -0.2) is 0 Å². The quantitative estimate of drug-likeness (QED) is 0.491. The van der Waals surface area contributed by atoms with Crippen LogP contribution in [-0.4, -0.2) is 11.3 Å². The van der Waals surface area contributed by atoms with Crippen LogP contribution in [0, 0.1) is 6.92 Å². The Morgan fingerprint density at radius 2 is 2.36 bits per heavy atom. The highest BCUT2D eigenvalue weighted by Crippen LogP contribution is 2.16. The molecule has 0 fully saturated rings. The zero-order valence-corrected chi connectivity index (χ0v) is 10.0. The second-order valence-corrected chi connectivity index (χ2v) is 4.04. The molecule has 0 amide bonds. The number of halogens is 1. The molecule has 1 aromatic carbocycles. The minimum absolute atomic E-state index is 0.160. The molecule has 0 bridgehead atoms. The van der Waals surface area contributed by atoms with E-state index in [1.165, 1.54) is 5.56 Å². The lowest BCUT2D eigenvalue weighted by atomic mass is 10.2. The van der Waals surface area contributed by atoms with E-state index < -0.39 is 0 Å². The fourth-order valence-electron chi connectivity index (χ4n) is 0.860. The Morgan fingerprint density at radius 1 is 1.64 bits per heavy atom. The van der Waals surface area contributed by atoms with Crippen LogP contribution in [0.2, 0.25) is 0 Å². The van der Waals surface area contributed by atoms with Gasteiger partial charge in [-0.05, 0) is 36.3 Å². The number of thiocarbonyl (C=S) groups is 1. The van der Waals surface area contributed by atoms with Crippen LogP contribution in [0.1, 0.15) is 11.1 Å². The summed E-state index contributed by atoms with van der Waals surface area (Å²) in [6, 6.07) is 5.94. The van der Waals surface area contributed by atoms with Crippen LogP contribution in [-0.2, 0) is 0 Å². The number of hydrogen-bond acceptors (Lipinski definition) is 2. The summed E-state index contributed by atoms with van der Waals surface area (Å²) in [5, 5.41) is 4.01. The van der Waals surface area contributed by atoms with Gasteiger partial charge in [-0.15, -0.1) is 0 Å². The second-order valence-electron chi connectivity index (χ2n) is 2.74. The van der Waals surface area contributed by atoms with Crippen molar-refractivity contribution in [3.05, 3.63) is 33.8 Å². The van der Waals surface area contributed by atoms with Gasteiger partial charge in [0.05, 0.1) is 6.21 Å². The number of hydrogen-bond donors (Lipinski definition) is 2. The van der Waals surface area contributed by atoms with Gasteiger partial charge in [-0.2, -0.15) is 5.10 Å². The molecular weight excluding hydrogens is 262 g/mol. The van der Waals surface area contributed by atoms with E-state index in [1.54, 1.807) is 6.21 Å². The van der Waals surface area contributed by atoms with Crippen LogP contribution < -0.4 is 11.2 Å². The number of benzene rings is 1. The molecule has 0 radical (unpaired) electrons. The maximum absolute atomic E-state index is 5.21. The Balaban J connectivity index is 2.73. The molecule has 74 valence electrons. The molecule has 14 heavy (non-hydrogen) atoms. The summed E-state index contributed by atoms with van der Waals surface area (Å²) in [5.41, 5.74) is 9.86. The first-order valence-electron chi connectivity index (χ1n) is 3.94. The predicted octanol–water partition coefficient (Wildman–Crippen LogP) is 1.92. The lowest BCUT2D eigenvalue weighted by Gasteiger charge is -1.99. The molecule has 0 aliphatic heterocycles. The smallest absolute Gasteiger partial charge is 0.184 e. The Hall–Kier alpha value is -0.940. The summed E-state index contributed by atoms with van der Waals surface area (Å²) in [4.78, 5) is 0. The van der Waals surface area contributed by atoms with Crippen LogP contribution in [0.4, 0.5) is 0 Å². The van der Waals surface area contributed by atoms with Crippen molar-refractivity contribution in [3.8, 4) is 0 Å². The molecule has 3 nitrogen and oxygen atoms in total. The topological polar surface area (TPSA) is 50.4 Å². The Bertz CT molecular complexity index is 376. The summed E-state index contributed by atoms with van der Waals surface area (Å²) in [5.74, 6) is 0. The van der Waals surface area contributed by atoms with Crippen molar-refractivity contribution in [1.29, 1.82) is 0 Å². The minimum atomic E-state index is 0.160. The third kappa shape index (κ3) is 3.43. The lowest BCUT2D eigenvalue weighted by molar-refractivity contribution is 1.04. The maximum atomic E-state index is 5.21. The van der Waals surface area contributed by atoms with Crippen molar-refractivity contribution >= 4 is 39.5 Å². The van der Waals surface area contributed by atoms with Crippen molar-refractivity contribution in [2.45, 2.75) is 6.92 Å². The number of nitrogens with one attached hydrogen (secondary N) is 1. The van der Waals surface area contributed by atoms with Gasteiger partial charge in [0.15, 0.2) is 5.11 Å². The Kier molecular flexibility index (Phi) is 4.03. The molecule has 0 saturated heterocycles. The molecule has 1 aromatic rings. The zero-order valence-electron chi connectivity index (χ0n) is 7.62. The fraction of sp³-hybridized carbons (Fsp3) is 0.111. The predicted molar refractivity (Wildman–Crippen MR) is 66.4 cm³/mol. The van der Waals surface area contributed by atoms with Crippen LogP contribution in [0.15, 0.2) is 27.8 Å². The monoisotopic (exact) mass is 271 g/mol. The summed E-state index contributed by atoms with van der Waals surface area (Å²) in [6.07, 6.45) is 1.66. The van der Waals surface area contributed by atoms with E-state index in [0.29, 0.717) is 0 Å². The van der Waals surface area contributed by atoms with E-state index in [-0.39, 0.29) is 5.11 Å². The van der Waals surface area contributed by atoms with E-state index in [2.05, 4.69) is 38.7 Å². The van der Waals surface area contributed by atoms with E-state index >= 15 is 0 Å². The summed E-state index contributed by atoms with van der Waals surface area (Å²) < 4.78 is 1.05. The number of rotatable bonds is 2. The second kappa shape index (κ2) is 5.07. The summed E-state index contributed by atoms with van der Waals surface area (Å²) in [7, 11) is 0. The standard InChI is InChI=1S/C9H10BrN3S/c1-6-2-3-7(4-8(6)10)5-12-13-9(11)14/h2-5H,1H3,(H3,11,13,14)/b12-5-. The van der Waals surface area contributed by atoms with Gasteiger partial charge >= 0.3 is 0 Å². The molecule has 3 N–H and O–H groups in total. The number of nitrogens with two attached hydrogens (primary N) is 1. The minimum Gasteiger partial charge on any atom is -0.375 e. The first-order valence-corrected chi connectivity index (χ1v) is 5.14. The molecular formula is C9H10BrN3S. The highest BCUT2D eigenvalue weighted by molar-refractivity contribution is 9.10. The molecule has 0 spiro atoms. The molecule has 0 heterocycles. The molecule has 1 rings (SSSR count). The highest BCUT2D eigenvalue weighted by atomic mass is 79.9. The molecule has 5 heteroatoms. The first-order chi connectivity index (χ1) is 6.59.